The fraction of sp³-hybridized carbons (Fsp3) is 0.370. The summed E-state index contributed by atoms with van der Waals surface area (Å²) in [7, 11) is 1.88. The molecule has 0 bridgehead atoms. The summed E-state index contributed by atoms with van der Waals surface area (Å²) in [6, 6.07) is 12.2. The summed E-state index contributed by atoms with van der Waals surface area (Å²) in [5.74, 6) is 0.935. The van der Waals surface area contributed by atoms with Crippen molar-refractivity contribution in [3.63, 3.8) is 0 Å². The zero-order valence-corrected chi connectivity index (χ0v) is 22.0. The van der Waals surface area contributed by atoms with Crippen molar-refractivity contribution in [2.75, 3.05) is 38.2 Å². The molecule has 0 saturated carbocycles. The SMILES string of the molecule is Cc1nn(C)c(C)c1CCC(=O)N1CCOCCOc2ccccc2Oc2ccc(Cl)cc2NC(=O)C1. The molecule has 9 nitrogen and oxygen atoms in total. The van der Waals surface area contributed by atoms with Crippen LogP contribution >= 0.6 is 11.6 Å². The van der Waals surface area contributed by atoms with E-state index in [4.69, 9.17) is 25.8 Å². The van der Waals surface area contributed by atoms with Crippen LogP contribution in [-0.2, 0) is 27.8 Å². The number of carbonyl (C=O) groups is 2. The highest BCUT2D eigenvalue weighted by Crippen LogP contribution is 2.36. The molecule has 0 spiro atoms. The Morgan fingerprint density at radius 1 is 1.08 bits per heavy atom. The van der Waals surface area contributed by atoms with Crippen molar-refractivity contribution in [1.29, 1.82) is 0 Å². The predicted molar refractivity (Wildman–Crippen MR) is 140 cm³/mol. The van der Waals surface area contributed by atoms with Gasteiger partial charge in [-0.2, -0.15) is 5.10 Å². The smallest absolute Gasteiger partial charge is 0.244 e. The maximum Gasteiger partial charge on any atom is 0.244 e. The topological polar surface area (TPSA) is 94.9 Å². The van der Waals surface area contributed by atoms with E-state index in [-0.39, 0.29) is 37.9 Å². The van der Waals surface area contributed by atoms with Gasteiger partial charge < -0.3 is 24.4 Å². The number of aryl methyl sites for hydroxylation is 2. The van der Waals surface area contributed by atoms with E-state index in [0.29, 0.717) is 47.6 Å². The van der Waals surface area contributed by atoms with Crippen LogP contribution in [-0.4, -0.2) is 59.4 Å². The minimum absolute atomic E-state index is 0.133. The minimum Gasteiger partial charge on any atom is -0.487 e. The van der Waals surface area contributed by atoms with Gasteiger partial charge in [-0.25, -0.2) is 0 Å². The quantitative estimate of drug-likeness (QED) is 0.547. The molecule has 37 heavy (non-hydrogen) atoms. The first-order valence-corrected chi connectivity index (χ1v) is 12.5. The molecular weight excluding hydrogens is 496 g/mol. The van der Waals surface area contributed by atoms with Crippen LogP contribution in [0.1, 0.15) is 23.4 Å². The fourth-order valence-corrected chi connectivity index (χ4v) is 4.34. The van der Waals surface area contributed by atoms with Gasteiger partial charge >= 0.3 is 0 Å². The Kier molecular flexibility index (Phi) is 8.68. The van der Waals surface area contributed by atoms with Crippen LogP contribution in [0.2, 0.25) is 5.02 Å². The van der Waals surface area contributed by atoms with Crippen molar-refractivity contribution in [2.24, 2.45) is 7.05 Å². The van der Waals surface area contributed by atoms with Crippen LogP contribution in [0.4, 0.5) is 5.69 Å². The third-order valence-corrected chi connectivity index (χ3v) is 6.45. The molecule has 1 aromatic heterocycles. The van der Waals surface area contributed by atoms with E-state index < -0.39 is 0 Å². The van der Waals surface area contributed by atoms with E-state index >= 15 is 0 Å². The first-order chi connectivity index (χ1) is 17.8. The summed E-state index contributed by atoms with van der Waals surface area (Å²) < 4.78 is 19.4. The maximum absolute atomic E-state index is 13.2. The molecule has 10 heteroatoms. The lowest BCUT2D eigenvalue weighted by Gasteiger charge is -2.22. The van der Waals surface area contributed by atoms with Gasteiger partial charge in [0.05, 0.1) is 31.1 Å². The normalized spacial score (nSPS) is 14.8. The Balaban J connectivity index is 1.52. The molecule has 0 saturated heterocycles. The number of nitrogens with one attached hydrogen (secondary N) is 1. The molecule has 4 rings (SSSR count). The average molecular weight is 527 g/mol. The number of anilines is 1. The van der Waals surface area contributed by atoms with Crippen LogP contribution in [0, 0.1) is 13.8 Å². The van der Waals surface area contributed by atoms with E-state index in [9.17, 15) is 9.59 Å². The van der Waals surface area contributed by atoms with Crippen LogP contribution < -0.4 is 14.8 Å². The Morgan fingerprint density at radius 3 is 2.62 bits per heavy atom. The molecule has 2 amide bonds. The highest BCUT2D eigenvalue weighted by atomic mass is 35.5. The highest BCUT2D eigenvalue weighted by molar-refractivity contribution is 6.31. The number of para-hydroxylation sites is 2. The lowest BCUT2D eigenvalue weighted by atomic mass is 10.1. The Hall–Kier alpha value is -3.56. The fourth-order valence-electron chi connectivity index (χ4n) is 4.17. The van der Waals surface area contributed by atoms with Crippen molar-refractivity contribution >= 4 is 29.1 Å². The molecule has 1 aliphatic rings. The van der Waals surface area contributed by atoms with Gasteiger partial charge in [-0.1, -0.05) is 23.7 Å². The maximum atomic E-state index is 13.2. The molecule has 1 N–H and O–H groups in total. The molecule has 0 atom stereocenters. The zero-order chi connectivity index (χ0) is 26.4. The predicted octanol–water partition coefficient (Wildman–Crippen LogP) is 4.29. The molecule has 196 valence electrons. The van der Waals surface area contributed by atoms with Gasteiger partial charge in [0.15, 0.2) is 17.2 Å². The van der Waals surface area contributed by atoms with Crippen LogP contribution in [0.3, 0.4) is 0 Å². The molecule has 3 aromatic rings. The number of carbonyl (C=O) groups excluding carboxylic acids is 2. The van der Waals surface area contributed by atoms with E-state index in [0.717, 1.165) is 17.0 Å². The number of amides is 2. The van der Waals surface area contributed by atoms with Crippen molar-refractivity contribution in [3.05, 3.63) is 64.4 Å². The second-order valence-electron chi connectivity index (χ2n) is 8.79. The monoisotopic (exact) mass is 526 g/mol. The third kappa shape index (κ3) is 6.81. The Bertz CT molecular complexity index is 1280. The Morgan fingerprint density at radius 2 is 1.86 bits per heavy atom. The molecule has 2 aromatic carbocycles. The summed E-state index contributed by atoms with van der Waals surface area (Å²) in [6.07, 6.45) is 0.798. The largest absolute Gasteiger partial charge is 0.487 e. The van der Waals surface area contributed by atoms with E-state index in [1.165, 1.54) is 4.90 Å². The van der Waals surface area contributed by atoms with Crippen molar-refractivity contribution in [3.8, 4) is 17.2 Å². The second kappa shape index (κ2) is 12.1. The number of halogens is 1. The number of fused-ring (bicyclic) bond motifs is 2. The summed E-state index contributed by atoms with van der Waals surface area (Å²) in [5.41, 5.74) is 3.37. The number of hydrogen-bond donors (Lipinski definition) is 1. The van der Waals surface area contributed by atoms with Gasteiger partial charge in [0.1, 0.15) is 6.61 Å². The summed E-state index contributed by atoms with van der Waals surface area (Å²) in [4.78, 5) is 27.8. The zero-order valence-electron chi connectivity index (χ0n) is 21.3. The number of nitrogens with zero attached hydrogens (tertiary/aromatic N) is 3. The van der Waals surface area contributed by atoms with Crippen molar-refractivity contribution < 1.29 is 23.8 Å². The lowest BCUT2D eigenvalue weighted by molar-refractivity contribution is -0.135. The van der Waals surface area contributed by atoms with E-state index in [1.54, 1.807) is 30.3 Å². The number of rotatable bonds is 3. The lowest BCUT2D eigenvalue weighted by Crippen LogP contribution is -2.40. The van der Waals surface area contributed by atoms with Crippen molar-refractivity contribution in [1.82, 2.24) is 14.7 Å². The summed E-state index contributed by atoms with van der Waals surface area (Å²) in [6.45, 7) is 4.95. The van der Waals surface area contributed by atoms with Gasteiger partial charge in [-0.05, 0) is 56.2 Å². The van der Waals surface area contributed by atoms with Crippen LogP contribution in [0.15, 0.2) is 42.5 Å². The standard InChI is InChI=1S/C27H31ClN4O5/c1-18-21(19(2)31(3)30-18)9-11-27(34)32-12-13-35-14-15-36-24-6-4-5-7-25(24)37-23-10-8-20(28)16-22(23)29-26(33)17-32/h4-8,10,16H,9,11-15,17H2,1-3H3,(H,29,33). The first-order valence-electron chi connectivity index (χ1n) is 12.2. The molecular formula is C27H31ClN4O5. The highest BCUT2D eigenvalue weighted by Gasteiger charge is 2.21. The van der Waals surface area contributed by atoms with Gasteiger partial charge in [0.2, 0.25) is 11.8 Å². The van der Waals surface area contributed by atoms with Gasteiger partial charge in [-0.3, -0.25) is 14.3 Å². The molecule has 0 unspecified atom stereocenters. The van der Waals surface area contributed by atoms with Gasteiger partial charge in [-0.15, -0.1) is 0 Å². The Labute approximate surface area is 221 Å². The molecule has 0 radical (unpaired) electrons. The van der Waals surface area contributed by atoms with Gasteiger partial charge in [0.25, 0.3) is 0 Å². The first kappa shape index (κ1) is 26.5. The summed E-state index contributed by atoms with van der Waals surface area (Å²) in [5, 5.41) is 7.71. The molecule has 1 aliphatic heterocycles. The number of benzene rings is 2. The molecule has 0 aliphatic carbocycles. The number of hydrogen-bond acceptors (Lipinski definition) is 6. The van der Waals surface area contributed by atoms with E-state index in [2.05, 4.69) is 10.4 Å². The minimum atomic E-state index is -0.367. The van der Waals surface area contributed by atoms with Crippen LogP contribution in [0.5, 0.6) is 17.2 Å². The number of ether oxygens (including phenoxy) is 3. The molecule has 0 fully saturated rings. The second-order valence-corrected chi connectivity index (χ2v) is 9.22. The number of aromatic nitrogens is 2. The molecule has 2 heterocycles. The van der Waals surface area contributed by atoms with E-state index in [1.807, 2.05) is 37.7 Å². The van der Waals surface area contributed by atoms with Gasteiger partial charge in [0, 0.05) is 30.7 Å². The van der Waals surface area contributed by atoms with Crippen LogP contribution in [0.25, 0.3) is 0 Å². The average Bonchev–Trinajstić information content (AvgIpc) is 3.11. The summed E-state index contributed by atoms with van der Waals surface area (Å²) >= 11 is 6.21. The third-order valence-electron chi connectivity index (χ3n) is 6.21. The van der Waals surface area contributed by atoms with Crippen molar-refractivity contribution in [2.45, 2.75) is 26.7 Å².